The Hall–Kier alpha value is -0.650. The first kappa shape index (κ1) is 14.4. The maximum Gasteiger partial charge on any atom is 0.287 e. The van der Waals surface area contributed by atoms with Gasteiger partial charge in [0.05, 0.1) is 0 Å². The molecule has 0 aliphatic carbocycles. The van der Waals surface area contributed by atoms with E-state index in [0.717, 1.165) is 31.0 Å². The van der Waals surface area contributed by atoms with Crippen LogP contribution in [0.1, 0.15) is 23.4 Å². The van der Waals surface area contributed by atoms with Gasteiger partial charge in [-0.05, 0) is 37.8 Å². The van der Waals surface area contributed by atoms with E-state index in [1.165, 1.54) is 11.8 Å². The molecule has 0 radical (unpaired) electrons. The minimum atomic E-state index is -0.117. The summed E-state index contributed by atoms with van der Waals surface area (Å²) in [6, 6.07) is 3.76. The van der Waals surface area contributed by atoms with Crippen molar-refractivity contribution in [3.05, 3.63) is 17.9 Å². The maximum atomic E-state index is 11.8. The van der Waals surface area contributed by atoms with E-state index in [0.29, 0.717) is 5.76 Å². The first-order valence-corrected chi connectivity index (χ1v) is 6.67. The minimum absolute atomic E-state index is 0. The highest BCUT2D eigenvalue weighted by Crippen LogP contribution is 2.18. The van der Waals surface area contributed by atoms with Gasteiger partial charge < -0.3 is 15.1 Å². The highest BCUT2D eigenvalue weighted by Gasteiger charge is 2.18. The van der Waals surface area contributed by atoms with Crippen molar-refractivity contribution in [2.45, 2.75) is 24.0 Å². The lowest BCUT2D eigenvalue weighted by molar-refractivity contribution is 0.0897. The quantitative estimate of drug-likeness (QED) is 0.828. The molecule has 1 aliphatic rings. The van der Waals surface area contributed by atoms with Crippen molar-refractivity contribution in [1.82, 2.24) is 10.6 Å². The van der Waals surface area contributed by atoms with E-state index >= 15 is 0 Å². The molecule has 0 spiro atoms. The molecule has 1 amide bonds. The fourth-order valence-electron chi connectivity index (χ4n) is 1.78. The third-order valence-electron chi connectivity index (χ3n) is 2.64. The number of hydrogen-bond donors (Lipinski definition) is 2. The van der Waals surface area contributed by atoms with Gasteiger partial charge in [0, 0.05) is 12.6 Å². The summed E-state index contributed by atoms with van der Waals surface area (Å²) in [5.74, 6) is 0.281. The van der Waals surface area contributed by atoms with E-state index in [9.17, 15) is 4.79 Å². The summed E-state index contributed by atoms with van der Waals surface area (Å²) in [5, 5.41) is 7.00. The second-order valence-corrected chi connectivity index (χ2v) is 4.65. The van der Waals surface area contributed by atoms with E-state index in [1.54, 1.807) is 6.07 Å². The number of piperidine rings is 1. The Kier molecular flexibility index (Phi) is 5.88. The number of furan rings is 1. The molecule has 1 atom stereocenters. The number of thioether (sulfide) groups is 1. The largest absolute Gasteiger partial charge is 0.445 e. The molecule has 1 aromatic heterocycles. The molecule has 0 bridgehead atoms. The summed E-state index contributed by atoms with van der Waals surface area (Å²) in [7, 11) is 0. The van der Waals surface area contributed by atoms with Gasteiger partial charge in [-0.2, -0.15) is 0 Å². The van der Waals surface area contributed by atoms with Crippen LogP contribution < -0.4 is 10.6 Å². The predicted octanol–water partition coefficient (Wildman–Crippen LogP) is 1.91. The number of halogens is 1. The lowest BCUT2D eigenvalue weighted by Crippen LogP contribution is -2.45. The monoisotopic (exact) mass is 276 g/mol. The summed E-state index contributed by atoms with van der Waals surface area (Å²) >= 11 is 1.49. The van der Waals surface area contributed by atoms with E-state index in [1.807, 2.05) is 12.3 Å². The predicted molar refractivity (Wildman–Crippen MR) is 71.1 cm³/mol. The van der Waals surface area contributed by atoms with Crippen LogP contribution in [-0.4, -0.2) is 31.3 Å². The molecule has 1 unspecified atom stereocenters. The van der Waals surface area contributed by atoms with Gasteiger partial charge in [-0.25, -0.2) is 0 Å². The summed E-state index contributed by atoms with van der Waals surface area (Å²) in [6.07, 6.45) is 4.07. The molecule has 6 heteroatoms. The Morgan fingerprint density at radius 2 is 2.41 bits per heavy atom. The van der Waals surface area contributed by atoms with Crippen molar-refractivity contribution in [1.29, 1.82) is 0 Å². The molecule has 0 aromatic carbocycles. The van der Waals surface area contributed by atoms with Crippen LogP contribution in [0.25, 0.3) is 0 Å². The van der Waals surface area contributed by atoms with Gasteiger partial charge in [-0.1, -0.05) is 11.8 Å². The van der Waals surface area contributed by atoms with Crippen LogP contribution in [0.15, 0.2) is 21.6 Å². The Bertz CT molecular complexity index is 364. The molecule has 1 saturated heterocycles. The van der Waals surface area contributed by atoms with Crippen molar-refractivity contribution in [2.24, 2.45) is 0 Å². The molecule has 0 saturated carbocycles. The van der Waals surface area contributed by atoms with Crippen molar-refractivity contribution >= 4 is 30.1 Å². The molecule has 1 aromatic rings. The van der Waals surface area contributed by atoms with Gasteiger partial charge >= 0.3 is 0 Å². The summed E-state index contributed by atoms with van der Waals surface area (Å²) < 4.78 is 5.37. The Morgan fingerprint density at radius 3 is 3.00 bits per heavy atom. The third kappa shape index (κ3) is 3.94. The van der Waals surface area contributed by atoms with E-state index in [2.05, 4.69) is 10.6 Å². The zero-order valence-corrected chi connectivity index (χ0v) is 11.3. The van der Waals surface area contributed by atoms with Crippen molar-refractivity contribution in [3.63, 3.8) is 0 Å². The number of rotatable bonds is 3. The first-order chi connectivity index (χ1) is 7.79. The van der Waals surface area contributed by atoms with Gasteiger partial charge in [0.15, 0.2) is 10.9 Å². The van der Waals surface area contributed by atoms with Crippen LogP contribution in [0, 0.1) is 0 Å². The van der Waals surface area contributed by atoms with Gasteiger partial charge in [0.2, 0.25) is 0 Å². The molecule has 2 heterocycles. The van der Waals surface area contributed by atoms with Gasteiger partial charge in [0.25, 0.3) is 5.91 Å². The summed E-state index contributed by atoms with van der Waals surface area (Å²) in [5.41, 5.74) is 0. The van der Waals surface area contributed by atoms with Crippen molar-refractivity contribution in [3.8, 4) is 0 Å². The fraction of sp³-hybridized carbons (Fsp3) is 0.545. The molecule has 2 rings (SSSR count). The number of carbonyl (C=O) groups excluding carboxylic acids is 1. The molecular weight excluding hydrogens is 260 g/mol. The van der Waals surface area contributed by atoms with E-state index in [-0.39, 0.29) is 24.4 Å². The Morgan fingerprint density at radius 1 is 1.59 bits per heavy atom. The number of hydrogen-bond acceptors (Lipinski definition) is 4. The van der Waals surface area contributed by atoms with Gasteiger partial charge in [-0.3, -0.25) is 4.79 Å². The molecule has 96 valence electrons. The van der Waals surface area contributed by atoms with E-state index < -0.39 is 0 Å². The third-order valence-corrected chi connectivity index (χ3v) is 3.26. The molecule has 17 heavy (non-hydrogen) atoms. The number of carbonyl (C=O) groups is 1. The molecule has 1 fully saturated rings. The van der Waals surface area contributed by atoms with Crippen LogP contribution in [0.5, 0.6) is 0 Å². The van der Waals surface area contributed by atoms with Crippen LogP contribution in [0.2, 0.25) is 0 Å². The van der Waals surface area contributed by atoms with Gasteiger partial charge in [0.1, 0.15) is 0 Å². The minimum Gasteiger partial charge on any atom is -0.445 e. The SMILES string of the molecule is CSc1ccc(C(=O)NC2CCCNC2)o1.Cl. The van der Waals surface area contributed by atoms with Crippen LogP contribution >= 0.6 is 24.2 Å². The summed E-state index contributed by atoms with van der Waals surface area (Å²) in [4.78, 5) is 11.8. The van der Waals surface area contributed by atoms with E-state index in [4.69, 9.17) is 4.42 Å². The number of amides is 1. The standard InChI is InChI=1S/C11H16N2O2S.ClH/c1-16-10-5-4-9(15-10)11(14)13-8-3-2-6-12-7-8;/h4-5,8,12H,2-3,6-7H2,1H3,(H,13,14);1H. The average Bonchev–Trinajstić information content (AvgIpc) is 2.79. The van der Waals surface area contributed by atoms with Gasteiger partial charge in [-0.15, -0.1) is 12.4 Å². The normalized spacial score (nSPS) is 19.5. The lowest BCUT2D eigenvalue weighted by Gasteiger charge is -2.23. The Balaban J connectivity index is 0.00000144. The van der Waals surface area contributed by atoms with Crippen molar-refractivity contribution < 1.29 is 9.21 Å². The van der Waals surface area contributed by atoms with Crippen LogP contribution in [-0.2, 0) is 0 Å². The molecule has 4 nitrogen and oxygen atoms in total. The second-order valence-electron chi connectivity index (χ2n) is 3.84. The fourth-order valence-corrected chi connectivity index (χ4v) is 2.16. The molecular formula is C11H17ClN2O2S. The number of nitrogens with one attached hydrogen (secondary N) is 2. The first-order valence-electron chi connectivity index (χ1n) is 5.45. The zero-order chi connectivity index (χ0) is 11.4. The van der Waals surface area contributed by atoms with Crippen LogP contribution in [0.4, 0.5) is 0 Å². The Labute approximate surface area is 111 Å². The topological polar surface area (TPSA) is 54.3 Å². The smallest absolute Gasteiger partial charge is 0.287 e. The molecule has 2 N–H and O–H groups in total. The maximum absolute atomic E-state index is 11.8. The highest BCUT2D eigenvalue weighted by atomic mass is 35.5. The highest BCUT2D eigenvalue weighted by molar-refractivity contribution is 7.98. The second kappa shape index (κ2) is 6.93. The summed E-state index contributed by atoms with van der Waals surface area (Å²) in [6.45, 7) is 1.89. The lowest BCUT2D eigenvalue weighted by atomic mass is 10.1. The van der Waals surface area contributed by atoms with Crippen molar-refractivity contribution in [2.75, 3.05) is 19.3 Å². The molecule has 1 aliphatic heterocycles. The van der Waals surface area contributed by atoms with Crippen LogP contribution in [0.3, 0.4) is 0 Å². The zero-order valence-electron chi connectivity index (χ0n) is 9.69. The average molecular weight is 277 g/mol.